The quantitative estimate of drug-likeness (QED) is 0.176. The van der Waals surface area contributed by atoms with E-state index in [1.807, 2.05) is 41.5 Å². The highest BCUT2D eigenvalue weighted by atomic mass is 16.8. The molecule has 0 saturated carbocycles. The standard InChI is InChI=1S/C41H68O11/c1-10-28(37(45)46)31-15-13-14-30(49-31)25(6)34(43)26(7)35(44)29(11-2)36-23(4)22-24(5)40(50-36)19-16-32(42)41(52-40)21-20-38(9,51-41)33-17-18-39(47,12-3)27(8)48-33/h16,19,23-34,36,42-43,47H,10-15,17-18,20-22H2,1-9H3,(H,45,46)/t23-,24+,25+,26-,27-,28+,29-,30?,31?,32+,33?,34-,36?,38-,39+,40-,41-/m0/s1. The number of rotatable bonds is 12. The second kappa shape index (κ2) is 16.0. The number of ether oxygens (including phenoxy) is 5. The molecule has 0 bridgehead atoms. The number of ketones is 1. The molecule has 17 atom stereocenters. The van der Waals surface area contributed by atoms with E-state index in [-0.39, 0.29) is 41.8 Å². The molecule has 0 aromatic heterocycles. The van der Waals surface area contributed by atoms with E-state index in [1.54, 1.807) is 19.1 Å². The summed E-state index contributed by atoms with van der Waals surface area (Å²) in [6, 6.07) is 0. The van der Waals surface area contributed by atoms with Crippen molar-refractivity contribution >= 4 is 11.8 Å². The fourth-order valence-corrected chi connectivity index (χ4v) is 10.1. The van der Waals surface area contributed by atoms with Gasteiger partial charge in [-0.25, -0.2) is 0 Å². The van der Waals surface area contributed by atoms with E-state index in [1.165, 1.54) is 0 Å². The molecule has 0 aliphatic carbocycles. The highest BCUT2D eigenvalue weighted by Crippen LogP contribution is 2.54. The molecule has 2 spiro atoms. The van der Waals surface area contributed by atoms with Crippen LogP contribution in [-0.4, -0.2) is 97.7 Å². The average Bonchev–Trinajstić information content (AvgIpc) is 3.46. The molecular formula is C41H68O11. The lowest BCUT2D eigenvalue weighted by Gasteiger charge is -2.54. The number of carbonyl (C=O) groups is 2. The minimum absolute atomic E-state index is 0.0183. The van der Waals surface area contributed by atoms with Crippen LogP contribution in [0.15, 0.2) is 12.2 Å². The van der Waals surface area contributed by atoms with E-state index in [9.17, 15) is 30.0 Å². The summed E-state index contributed by atoms with van der Waals surface area (Å²) in [5.74, 6) is -5.82. The molecule has 5 aliphatic rings. The number of Topliss-reactive ketones (excluding diaryl/α,β-unsaturated/α-hetero) is 1. The lowest BCUT2D eigenvalue weighted by Crippen LogP contribution is -2.63. The second-order valence-corrected chi connectivity index (χ2v) is 17.4. The first-order valence-corrected chi connectivity index (χ1v) is 20.3. The monoisotopic (exact) mass is 736 g/mol. The molecule has 0 aromatic carbocycles. The molecule has 298 valence electrons. The first kappa shape index (κ1) is 41.7. The summed E-state index contributed by atoms with van der Waals surface area (Å²) in [7, 11) is 0. The number of carboxylic acids is 1. The van der Waals surface area contributed by atoms with Crippen LogP contribution in [-0.2, 0) is 33.3 Å². The van der Waals surface area contributed by atoms with Crippen LogP contribution in [0.4, 0.5) is 0 Å². The van der Waals surface area contributed by atoms with Gasteiger partial charge in [-0.1, -0.05) is 48.5 Å². The van der Waals surface area contributed by atoms with Crippen LogP contribution in [0.25, 0.3) is 0 Å². The van der Waals surface area contributed by atoms with Gasteiger partial charge in [0.25, 0.3) is 0 Å². The van der Waals surface area contributed by atoms with Crippen LogP contribution in [0, 0.1) is 35.5 Å². The Bertz CT molecular complexity index is 1290. The zero-order valence-corrected chi connectivity index (χ0v) is 33.1. The highest BCUT2D eigenvalue weighted by molar-refractivity contribution is 5.84. The Labute approximate surface area is 311 Å². The fraction of sp³-hybridized carbons (Fsp3) is 0.902. The molecule has 52 heavy (non-hydrogen) atoms. The van der Waals surface area contributed by atoms with E-state index in [2.05, 4.69) is 13.8 Å². The Morgan fingerprint density at radius 3 is 2.21 bits per heavy atom. The SMILES string of the molecule is CC[C@@H](C(=O)O)C1CCCC([C@@H](C)[C@H](O)[C@H](C)C(=O)[C@H](CC)C2O[C@]3(C=C[C@@H](O)[C@]4(CC[C@@](C)(C5CC[C@](O)(CC)[C@H](C)O5)O4)O3)[C@H](C)C[C@@H]2C)O1. The number of carbonyl (C=O) groups excluding carboxylic acids is 1. The lowest BCUT2D eigenvalue weighted by molar-refractivity contribution is -0.409. The molecule has 5 aliphatic heterocycles. The predicted octanol–water partition coefficient (Wildman–Crippen LogP) is 5.94. The van der Waals surface area contributed by atoms with Crippen molar-refractivity contribution in [1.82, 2.24) is 0 Å². The van der Waals surface area contributed by atoms with E-state index in [4.69, 9.17) is 23.7 Å². The molecule has 0 aromatic rings. The maximum atomic E-state index is 14.4. The molecule has 0 radical (unpaired) electrons. The van der Waals surface area contributed by atoms with E-state index < -0.39 is 70.9 Å². The van der Waals surface area contributed by atoms with Gasteiger partial charge in [0.05, 0.1) is 53.7 Å². The van der Waals surface area contributed by atoms with E-state index in [0.29, 0.717) is 64.2 Å². The van der Waals surface area contributed by atoms with Gasteiger partial charge in [0, 0.05) is 30.1 Å². The summed E-state index contributed by atoms with van der Waals surface area (Å²) >= 11 is 0. The number of hydrogen-bond acceptors (Lipinski definition) is 10. The minimum atomic E-state index is -1.37. The van der Waals surface area contributed by atoms with Crippen LogP contribution in [0.5, 0.6) is 0 Å². The molecule has 4 N–H and O–H groups in total. The zero-order valence-electron chi connectivity index (χ0n) is 33.1. The van der Waals surface area contributed by atoms with Gasteiger partial charge in [-0.2, -0.15) is 0 Å². The van der Waals surface area contributed by atoms with E-state index in [0.717, 1.165) is 6.42 Å². The summed E-state index contributed by atoms with van der Waals surface area (Å²) in [6.45, 7) is 17.5. The first-order chi connectivity index (χ1) is 24.4. The van der Waals surface area contributed by atoms with Gasteiger partial charge in [0.1, 0.15) is 11.9 Å². The van der Waals surface area contributed by atoms with Crippen molar-refractivity contribution < 1.29 is 53.7 Å². The van der Waals surface area contributed by atoms with Gasteiger partial charge < -0.3 is 44.1 Å². The Hall–Kier alpha value is -1.44. The number of hydrogen-bond donors (Lipinski definition) is 4. The molecule has 0 amide bonds. The molecule has 11 heteroatoms. The van der Waals surface area contributed by atoms with Crippen molar-refractivity contribution in [2.24, 2.45) is 35.5 Å². The number of aliphatic carboxylic acids is 1. The fourth-order valence-electron chi connectivity index (χ4n) is 10.1. The van der Waals surface area contributed by atoms with Crippen molar-refractivity contribution in [3.63, 3.8) is 0 Å². The summed E-state index contributed by atoms with van der Waals surface area (Å²) < 4.78 is 33.3. The molecule has 4 saturated heterocycles. The smallest absolute Gasteiger partial charge is 0.309 e. The van der Waals surface area contributed by atoms with Crippen LogP contribution < -0.4 is 0 Å². The van der Waals surface area contributed by atoms with Crippen molar-refractivity contribution in [1.29, 1.82) is 0 Å². The zero-order chi connectivity index (χ0) is 38.4. The van der Waals surface area contributed by atoms with Gasteiger partial charge >= 0.3 is 5.97 Å². The van der Waals surface area contributed by atoms with Gasteiger partial charge in [-0.15, -0.1) is 0 Å². The average molecular weight is 737 g/mol. The third-order valence-electron chi connectivity index (χ3n) is 14.0. The Kier molecular flexibility index (Phi) is 12.8. The maximum Gasteiger partial charge on any atom is 0.309 e. The number of aliphatic hydroxyl groups excluding tert-OH is 2. The van der Waals surface area contributed by atoms with Crippen molar-refractivity contribution in [2.45, 2.75) is 198 Å². The molecule has 4 unspecified atom stereocenters. The summed E-state index contributed by atoms with van der Waals surface area (Å²) in [4.78, 5) is 26.2. The third kappa shape index (κ3) is 7.68. The number of aliphatic hydroxyl groups is 3. The first-order valence-electron chi connectivity index (χ1n) is 20.3. The third-order valence-corrected chi connectivity index (χ3v) is 14.0. The summed E-state index contributed by atoms with van der Waals surface area (Å²) in [6.07, 6.45) is 6.33. The maximum absolute atomic E-state index is 14.4. The second-order valence-electron chi connectivity index (χ2n) is 17.4. The molecule has 5 rings (SSSR count). The summed E-state index contributed by atoms with van der Waals surface area (Å²) in [5, 5.41) is 43.7. The summed E-state index contributed by atoms with van der Waals surface area (Å²) in [5.41, 5.74) is -1.63. The van der Waals surface area contributed by atoms with Crippen molar-refractivity contribution in [3.8, 4) is 0 Å². The van der Waals surface area contributed by atoms with Crippen LogP contribution >= 0.6 is 0 Å². The number of carboxylic acid groups (broad SMARTS) is 1. The largest absolute Gasteiger partial charge is 0.481 e. The Morgan fingerprint density at radius 1 is 0.923 bits per heavy atom. The van der Waals surface area contributed by atoms with Crippen LogP contribution in [0.1, 0.15) is 133 Å². The van der Waals surface area contributed by atoms with Gasteiger partial charge in [-0.3, -0.25) is 9.59 Å². The minimum Gasteiger partial charge on any atom is -0.481 e. The molecule has 5 heterocycles. The molecular weight excluding hydrogens is 668 g/mol. The molecule has 4 fully saturated rings. The molecule has 11 nitrogen and oxygen atoms in total. The van der Waals surface area contributed by atoms with Gasteiger partial charge in [-0.05, 0) is 96.1 Å². The highest BCUT2D eigenvalue weighted by Gasteiger charge is 2.63. The Morgan fingerprint density at radius 2 is 1.60 bits per heavy atom. The van der Waals surface area contributed by atoms with E-state index >= 15 is 0 Å². The van der Waals surface area contributed by atoms with Crippen LogP contribution in [0.2, 0.25) is 0 Å². The van der Waals surface area contributed by atoms with Gasteiger partial charge in [0.15, 0.2) is 5.79 Å². The normalized spacial score (nSPS) is 45.4. The van der Waals surface area contributed by atoms with Crippen LogP contribution in [0.3, 0.4) is 0 Å². The topological polar surface area (TPSA) is 161 Å². The van der Waals surface area contributed by atoms with Crippen molar-refractivity contribution in [2.75, 3.05) is 0 Å². The van der Waals surface area contributed by atoms with Gasteiger partial charge in [0.2, 0.25) is 5.79 Å². The predicted molar refractivity (Wildman–Crippen MR) is 194 cm³/mol. The Balaban J connectivity index is 1.30. The van der Waals surface area contributed by atoms with Crippen molar-refractivity contribution in [3.05, 3.63) is 12.2 Å². The lowest BCUT2D eigenvalue weighted by atomic mass is 9.73.